The molecule has 7 nitrogen and oxygen atoms in total. The Morgan fingerprint density at radius 2 is 1.97 bits per heavy atom. The van der Waals surface area contributed by atoms with E-state index < -0.39 is 23.7 Å². The Kier molecular flexibility index (Phi) is 8.59. The van der Waals surface area contributed by atoms with Gasteiger partial charge in [0.25, 0.3) is 0 Å². The zero-order chi connectivity index (χ0) is 24.1. The second-order valence-corrected chi connectivity index (χ2v) is 10.1. The van der Waals surface area contributed by atoms with Gasteiger partial charge in [-0.2, -0.15) is 5.26 Å². The van der Waals surface area contributed by atoms with Crippen LogP contribution in [0.5, 0.6) is 0 Å². The van der Waals surface area contributed by atoms with Crippen LogP contribution in [0.4, 0.5) is 5.69 Å². The summed E-state index contributed by atoms with van der Waals surface area (Å²) in [5.41, 5.74) is 1.20. The lowest BCUT2D eigenvalue weighted by atomic mass is 9.78. The first-order valence-electron chi connectivity index (χ1n) is 9.41. The third-order valence-corrected chi connectivity index (χ3v) is 7.06. The minimum atomic E-state index is -1.24. The Hall–Kier alpha value is -2.32. The molecular formula is C22H16Br2ClN3O4S. The molecule has 0 aromatic heterocycles. The number of anilines is 1. The van der Waals surface area contributed by atoms with Crippen molar-refractivity contribution in [1.82, 2.24) is 5.32 Å². The zero-order valence-electron chi connectivity index (χ0n) is 17.0. The maximum absolute atomic E-state index is 12.8. The number of thioether (sulfide) groups is 1. The first-order chi connectivity index (χ1) is 15.7. The lowest BCUT2D eigenvalue weighted by Crippen LogP contribution is -2.44. The molecule has 2 atom stereocenters. The first kappa shape index (κ1) is 25.3. The van der Waals surface area contributed by atoms with Crippen LogP contribution in [0, 0.1) is 17.2 Å². The number of nitrogens with one attached hydrogen (secondary N) is 2. The predicted molar refractivity (Wildman–Crippen MR) is 133 cm³/mol. The number of esters is 1. The van der Waals surface area contributed by atoms with Crippen LogP contribution in [0.1, 0.15) is 11.5 Å². The summed E-state index contributed by atoms with van der Waals surface area (Å²) in [6.45, 7) is 0. The quantitative estimate of drug-likeness (QED) is 0.352. The highest BCUT2D eigenvalue weighted by atomic mass is 79.9. The Morgan fingerprint density at radius 1 is 1.24 bits per heavy atom. The molecule has 0 unspecified atom stereocenters. The topological polar surface area (TPSA) is 108 Å². The van der Waals surface area contributed by atoms with E-state index >= 15 is 0 Å². The number of hydrogen-bond acceptors (Lipinski definition) is 6. The van der Waals surface area contributed by atoms with Gasteiger partial charge in [0.1, 0.15) is 5.92 Å². The minimum Gasteiger partial charge on any atom is -0.468 e. The predicted octanol–water partition coefficient (Wildman–Crippen LogP) is 4.97. The second kappa shape index (κ2) is 11.2. The highest BCUT2D eigenvalue weighted by Crippen LogP contribution is 2.40. The number of carbonyl (C=O) groups is 3. The standard InChI is InChI=1S/C22H16Br2ClN3O4S/c1-32-22(31)19-18(11-3-2-4-12(23)7-11)14(9-26)21(28-20(19)30)33-10-17(29)27-16-6-5-13(24)8-15(16)25/h2-8,18-19H,10H2,1H3,(H,27,29)(H,28,30)/t18-,19-/m0/s1. The number of rotatable bonds is 6. The van der Waals surface area contributed by atoms with Gasteiger partial charge in [-0.25, -0.2) is 0 Å². The number of methoxy groups -OCH3 is 1. The normalized spacial score (nSPS) is 17.7. The number of benzene rings is 2. The van der Waals surface area contributed by atoms with Gasteiger partial charge in [-0.05, 0) is 35.9 Å². The molecule has 1 heterocycles. The van der Waals surface area contributed by atoms with Crippen LogP contribution < -0.4 is 10.6 Å². The Balaban J connectivity index is 1.89. The molecule has 1 aliphatic heterocycles. The van der Waals surface area contributed by atoms with Crippen molar-refractivity contribution in [2.45, 2.75) is 5.92 Å². The van der Waals surface area contributed by atoms with Gasteiger partial charge in [-0.15, -0.1) is 0 Å². The molecule has 0 aliphatic carbocycles. The van der Waals surface area contributed by atoms with Gasteiger partial charge in [-0.1, -0.05) is 67.4 Å². The van der Waals surface area contributed by atoms with Gasteiger partial charge in [0, 0.05) is 14.9 Å². The maximum Gasteiger partial charge on any atom is 0.319 e. The fourth-order valence-corrected chi connectivity index (χ4v) is 5.28. The Labute approximate surface area is 216 Å². The van der Waals surface area contributed by atoms with Gasteiger partial charge in [-0.3, -0.25) is 14.4 Å². The maximum atomic E-state index is 12.8. The number of allylic oxidation sites excluding steroid dienone is 1. The van der Waals surface area contributed by atoms with E-state index in [1.807, 2.05) is 0 Å². The van der Waals surface area contributed by atoms with E-state index in [-0.39, 0.29) is 22.3 Å². The molecule has 170 valence electrons. The molecule has 2 N–H and O–H groups in total. The van der Waals surface area contributed by atoms with Crippen LogP contribution in [0.15, 0.2) is 62.0 Å². The summed E-state index contributed by atoms with van der Waals surface area (Å²) in [5, 5.41) is 15.8. The average molecular weight is 614 g/mol. The zero-order valence-corrected chi connectivity index (χ0v) is 21.8. The first-order valence-corrected chi connectivity index (χ1v) is 12.4. The minimum absolute atomic E-state index is 0.0960. The van der Waals surface area contributed by atoms with Crippen LogP contribution in [0.25, 0.3) is 0 Å². The summed E-state index contributed by atoms with van der Waals surface area (Å²) < 4.78 is 6.32. The fraction of sp³-hybridized carbons (Fsp3) is 0.182. The summed E-state index contributed by atoms with van der Waals surface area (Å²) in [4.78, 5) is 37.8. The number of hydrogen-bond donors (Lipinski definition) is 2. The van der Waals surface area contributed by atoms with Crippen LogP contribution in [0.3, 0.4) is 0 Å². The summed E-state index contributed by atoms with van der Waals surface area (Å²) in [6, 6.07) is 14.2. The fourth-order valence-electron chi connectivity index (χ4n) is 3.29. The van der Waals surface area contributed by atoms with Crippen LogP contribution >= 0.6 is 55.2 Å². The third-order valence-electron chi connectivity index (χ3n) is 4.74. The third kappa shape index (κ3) is 5.98. The molecule has 0 saturated heterocycles. The van der Waals surface area contributed by atoms with Gasteiger partial charge >= 0.3 is 5.97 Å². The molecule has 0 bridgehead atoms. The van der Waals surface area contributed by atoms with E-state index in [0.29, 0.717) is 16.3 Å². The number of carbonyl (C=O) groups excluding carboxylic acids is 3. The molecule has 0 saturated carbocycles. The highest BCUT2D eigenvalue weighted by molar-refractivity contribution is 9.10. The number of ether oxygens (including phenoxy) is 1. The SMILES string of the molecule is COC(=O)[C@@H]1C(=O)NC(SCC(=O)Nc2ccc(Br)cc2Cl)=C(C#N)[C@@H]1c1cccc(Br)c1. The lowest BCUT2D eigenvalue weighted by Gasteiger charge is -2.31. The van der Waals surface area contributed by atoms with E-state index in [1.54, 1.807) is 42.5 Å². The van der Waals surface area contributed by atoms with Gasteiger partial charge in [0.15, 0.2) is 0 Å². The van der Waals surface area contributed by atoms with Gasteiger partial charge in [0.2, 0.25) is 11.8 Å². The second-order valence-electron chi connectivity index (χ2n) is 6.84. The van der Waals surface area contributed by atoms with Crippen molar-refractivity contribution in [2.75, 3.05) is 18.2 Å². The van der Waals surface area contributed by atoms with Gasteiger partial charge < -0.3 is 15.4 Å². The van der Waals surface area contributed by atoms with Crippen molar-refractivity contribution in [2.24, 2.45) is 5.92 Å². The van der Waals surface area contributed by atoms with Crippen LogP contribution in [0.2, 0.25) is 5.02 Å². The van der Waals surface area contributed by atoms with E-state index in [4.69, 9.17) is 16.3 Å². The molecule has 11 heteroatoms. The van der Waals surface area contributed by atoms with Crippen molar-refractivity contribution < 1.29 is 19.1 Å². The van der Waals surface area contributed by atoms with Crippen molar-refractivity contribution in [3.63, 3.8) is 0 Å². The van der Waals surface area contributed by atoms with E-state index in [0.717, 1.165) is 20.7 Å². The molecule has 3 rings (SSSR count). The molecule has 33 heavy (non-hydrogen) atoms. The molecule has 0 radical (unpaired) electrons. The summed E-state index contributed by atoms with van der Waals surface area (Å²) in [6.07, 6.45) is 0. The highest BCUT2D eigenvalue weighted by Gasteiger charge is 2.44. The van der Waals surface area contributed by atoms with E-state index in [2.05, 4.69) is 48.6 Å². The molecule has 2 amide bonds. The number of halogens is 3. The molecule has 0 spiro atoms. The largest absolute Gasteiger partial charge is 0.468 e. The van der Waals surface area contributed by atoms with Crippen molar-refractivity contribution in [1.29, 1.82) is 5.26 Å². The molecule has 0 fully saturated rings. The number of nitriles is 1. The molecular weight excluding hydrogens is 598 g/mol. The van der Waals surface area contributed by atoms with E-state index in [1.165, 1.54) is 7.11 Å². The number of amides is 2. The lowest BCUT2D eigenvalue weighted by molar-refractivity contribution is -0.150. The molecule has 2 aromatic rings. The van der Waals surface area contributed by atoms with Gasteiger partial charge in [0.05, 0.1) is 40.2 Å². The Bertz CT molecular complexity index is 1200. The summed E-state index contributed by atoms with van der Waals surface area (Å²) >= 11 is 13.8. The van der Waals surface area contributed by atoms with Crippen LogP contribution in [-0.2, 0) is 19.1 Å². The smallest absolute Gasteiger partial charge is 0.319 e. The van der Waals surface area contributed by atoms with Crippen molar-refractivity contribution >= 4 is 78.7 Å². The number of nitrogens with zero attached hydrogens (tertiary/aromatic N) is 1. The monoisotopic (exact) mass is 611 g/mol. The summed E-state index contributed by atoms with van der Waals surface area (Å²) in [7, 11) is 1.19. The molecule has 2 aromatic carbocycles. The molecule has 1 aliphatic rings. The van der Waals surface area contributed by atoms with E-state index in [9.17, 15) is 19.6 Å². The average Bonchev–Trinajstić information content (AvgIpc) is 2.78. The Morgan fingerprint density at radius 3 is 2.61 bits per heavy atom. The summed E-state index contributed by atoms with van der Waals surface area (Å²) in [5.74, 6) is -3.93. The van der Waals surface area contributed by atoms with Crippen molar-refractivity contribution in [3.05, 3.63) is 72.6 Å². The van der Waals surface area contributed by atoms with Crippen LogP contribution in [-0.4, -0.2) is 30.6 Å². The van der Waals surface area contributed by atoms with Crippen molar-refractivity contribution in [3.8, 4) is 6.07 Å².